The number of carboxylic acid groups (broad SMARTS) is 1. The number of aryl methyl sites for hydroxylation is 1. The third-order valence-electron chi connectivity index (χ3n) is 2.73. The first-order valence-corrected chi connectivity index (χ1v) is 7.11. The van der Waals surface area contributed by atoms with Crippen LogP contribution in [-0.2, 0) is 17.1 Å². The quantitative estimate of drug-likeness (QED) is 0.815. The summed E-state index contributed by atoms with van der Waals surface area (Å²) in [5.41, 5.74) is 2.19. The maximum Gasteiger partial charge on any atom is 0.304 e. The lowest BCUT2D eigenvalue weighted by Crippen LogP contribution is -1.98. The van der Waals surface area contributed by atoms with Gasteiger partial charge in [0.15, 0.2) is 0 Å². The zero-order chi connectivity index (χ0) is 13.0. The summed E-state index contributed by atoms with van der Waals surface area (Å²) < 4.78 is 1.99. The second-order valence-electron chi connectivity index (χ2n) is 3.98. The molecule has 0 spiro atoms. The molecule has 0 aliphatic rings. The van der Waals surface area contributed by atoms with Crippen molar-refractivity contribution in [1.29, 1.82) is 0 Å². The van der Waals surface area contributed by atoms with Crippen LogP contribution in [0.15, 0.2) is 24.3 Å². The summed E-state index contributed by atoms with van der Waals surface area (Å²) in [7, 11) is 0. The Morgan fingerprint density at radius 3 is 2.94 bits per heavy atom. The Bertz CT molecular complexity index is 551. The molecule has 0 fully saturated rings. The first kappa shape index (κ1) is 13.0. The third-order valence-corrected chi connectivity index (χ3v) is 3.70. The van der Waals surface area contributed by atoms with E-state index in [1.165, 1.54) is 5.39 Å². The van der Waals surface area contributed by atoms with Crippen molar-refractivity contribution in [2.45, 2.75) is 25.6 Å². The Labute approximate surface area is 110 Å². The van der Waals surface area contributed by atoms with E-state index in [0.717, 1.165) is 23.5 Å². The van der Waals surface area contributed by atoms with Gasteiger partial charge in [0.2, 0.25) is 0 Å². The van der Waals surface area contributed by atoms with Crippen LogP contribution in [0.3, 0.4) is 0 Å². The largest absolute Gasteiger partial charge is 0.481 e. The molecule has 2 rings (SSSR count). The molecule has 0 unspecified atom stereocenters. The number of benzene rings is 1. The summed E-state index contributed by atoms with van der Waals surface area (Å²) in [6, 6.07) is 8.16. The highest BCUT2D eigenvalue weighted by Gasteiger charge is 2.09. The lowest BCUT2D eigenvalue weighted by atomic mass is 10.2. The Morgan fingerprint density at radius 1 is 1.44 bits per heavy atom. The minimum atomic E-state index is -0.744. The Morgan fingerprint density at radius 2 is 2.22 bits per heavy atom. The molecular weight excluding hydrogens is 248 g/mol. The predicted octanol–water partition coefficient (Wildman–Crippen LogP) is 2.76. The molecule has 1 N–H and O–H groups in total. The van der Waals surface area contributed by atoms with E-state index < -0.39 is 5.97 Å². The summed E-state index contributed by atoms with van der Waals surface area (Å²) in [5, 5.41) is 14.3. The van der Waals surface area contributed by atoms with Crippen molar-refractivity contribution in [3.8, 4) is 0 Å². The van der Waals surface area contributed by atoms with E-state index in [4.69, 9.17) is 5.11 Å². The summed E-state index contributed by atoms with van der Waals surface area (Å²) >= 11 is 1.62. The third kappa shape index (κ3) is 2.85. The van der Waals surface area contributed by atoms with Crippen molar-refractivity contribution in [3.63, 3.8) is 0 Å². The molecule has 96 valence electrons. The van der Waals surface area contributed by atoms with E-state index in [2.05, 4.69) is 24.2 Å². The maximum atomic E-state index is 10.4. The van der Waals surface area contributed by atoms with Crippen LogP contribution in [0.2, 0.25) is 0 Å². The Kier molecular flexibility index (Phi) is 4.25. The molecule has 5 heteroatoms. The van der Waals surface area contributed by atoms with E-state index in [9.17, 15) is 4.79 Å². The van der Waals surface area contributed by atoms with Gasteiger partial charge in [-0.25, -0.2) is 0 Å². The van der Waals surface area contributed by atoms with Crippen molar-refractivity contribution in [2.24, 2.45) is 0 Å². The molecule has 0 radical (unpaired) electrons. The van der Waals surface area contributed by atoms with Gasteiger partial charge in [-0.2, -0.15) is 16.9 Å². The highest BCUT2D eigenvalue weighted by Crippen LogP contribution is 2.22. The number of nitrogens with zero attached hydrogens (tertiary/aromatic N) is 2. The molecule has 4 nitrogen and oxygen atoms in total. The minimum Gasteiger partial charge on any atom is -0.481 e. The first-order valence-electron chi connectivity index (χ1n) is 5.96. The van der Waals surface area contributed by atoms with Crippen LogP contribution in [0.5, 0.6) is 0 Å². The van der Waals surface area contributed by atoms with Crippen molar-refractivity contribution in [3.05, 3.63) is 30.0 Å². The number of fused-ring (bicyclic) bond motifs is 1. The number of thioether (sulfide) groups is 1. The van der Waals surface area contributed by atoms with E-state index in [0.29, 0.717) is 5.75 Å². The van der Waals surface area contributed by atoms with Gasteiger partial charge >= 0.3 is 5.97 Å². The van der Waals surface area contributed by atoms with Crippen molar-refractivity contribution >= 4 is 28.6 Å². The predicted molar refractivity (Wildman–Crippen MR) is 73.8 cm³/mol. The van der Waals surface area contributed by atoms with Crippen LogP contribution in [0.1, 0.15) is 19.0 Å². The van der Waals surface area contributed by atoms with Crippen LogP contribution in [0.4, 0.5) is 0 Å². The van der Waals surface area contributed by atoms with Crippen molar-refractivity contribution in [1.82, 2.24) is 9.78 Å². The molecule has 0 aliphatic heterocycles. The summed E-state index contributed by atoms with van der Waals surface area (Å²) in [4.78, 5) is 10.4. The fourth-order valence-corrected chi connectivity index (χ4v) is 2.74. The Balaban J connectivity index is 2.10. The molecule has 0 saturated heterocycles. The molecule has 1 aromatic carbocycles. The lowest BCUT2D eigenvalue weighted by molar-refractivity contribution is -0.136. The van der Waals surface area contributed by atoms with E-state index in [1.54, 1.807) is 11.8 Å². The number of hydrogen-bond donors (Lipinski definition) is 1. The monoisotopic (exact) mass is 264 g/mol. The summed E-state index contributed by atoms with van der Waals surface area (Å²) in [6.45, 7) is 2.92. The number of para-hydroxylation sites is 1. The minimum absolute atomic E-state index is 0.205. The van der Waals surface area contributed by atoms with Crippen molar-refractivity contribution < 1.29 is 9.90 Å². The Hall–Kier alpha value is -1.49. The van der Waals surface area contributed by atoms with E-state index >= 15 is 0 Å². The molecule has 0 saturated carbocycles. The summed E-state index contributed by atoms with van der Waals surface area (Å²) in [5.74, 6) is 0.648. The lowest BCUT2D eigenvalue weighted by Gasteiger charge is -1.97. The normalized spacial score (nSPS) is 10.9. The van der Waals surface area contributed by atoms with E-state index in [1.807, 2.05) is 16.8 Å². The molecule has 2 aromatic rings. The van der Waals surface area contributed by atoms with Gasteiger partial charge < -0.3 is 5.11 Å². The molecule has 0 aliphatic carbocycles. The van der Waals surface area contributed by atoms with Crippen LogP contribution in [0, 0.1) is 0 Å². The number of rotatable bonds is 6. The molecule has 1 heterocycles. The standard InChI is InChI=1S/C13H16N2O2S/c1-2-15-12-6-4-3-5-10(12)11(14-15)9-18-8-7-13(16)17/h3-6H,2,7-9H2,1H3,(H,16,17). The van der Waals surface area contributed by atoms with Gasteiger partial charge in [-0.3, -0.25) is 9.48 Å². The zero-order valence-corrected chi connectivity index (χ0v) is 11.1. The fraction of sp³-hybridized carbons (Fsp3) is 0.385. The van der Waals surface area contributed by atoms with Crippen molar-refractivity contribution in [2.75, 3.05) is 5.75 Å². The van der Waals surface area contributed by atoms with Crippen LogP contribution in [-0.4, -0.2) is 26.6 Å². The molecule has 0 bridgehead atoms. The number of carboxylic acids is 1. The smallest absolute Gasteiger partial charge is 0.304 e. The van der Waals surface area contributed by atoms with Gasteiger partial charge in [0.05, 0.1) is 17.6 Å². The molecule has 0 amide bonds. The number of aromatic nitrogens is 2. The highest BCUT2D eigenvalue weighted by atomic mass is 32.2. The average molecular weight is 264 g/mol. The highest BCUT2D eigenvalue weighted by molar-refractivity contribution is 7.98. The van der Waals surface area contributed by atoms with Gasteiger partial charge in [-0.05, 0) is 13.0 Å². The van der Waals surface area contributed by atoms with E-state index in [-0.39, 0.29) is 6.42 Å². The second kappa shape index (κ2) is 5.91. The number of carbonyl (C=O) groups is 1. The van der Waals surface area contributed by atoms with Gasteiger partial charge in [-0.15, -0.1) is 0 Å². The van der Waals surface area contributed by atoms with Gasteiger partial charge in [0.25, 0.3) is 0 Å². The van der Waals surface area contributed by atoms with Gasteiger partial charge in [-0.1, -0.05) is 18.2 Å². The number of aliphatic carboxylic acids is 1. The molecular formula is C13H16N2O2S. The maximum absolute atomic E-state index is 10.4. The van der Waals surface area contributed by atoms with Crippen LogP contribution in [0.25, 0.3) is 10.9 Å². The first-order chi connectivity index (χ1) is 8.72. The fourth-order valence-electron chi connectivity index (χ4n) is 1.87. The van der Waals surface area contributed by atoms with Gasteiger partial charge in [0.1, 0.15) is 0 Å². The summed E-state index contributed by atoms with van der Waals surface area (Å²) in [6.07, 6.45) is 0.205. The van der Waals surface area contributed by atoms with Gasteiger partial charge in [0, 0.05) is 23.4 Å². The topological polar surface area (TPSA) is 55.1 Å². The second-order valence-corrected chi connectivity index (χ2v) is 5.08. The van der Waals surface area contributed by atoms with Crippen LogP contribution < -0.4 is 0 Å². The van der Waals surface area contributed by atoms with Crippen LogP contribution >= 0.6 is 11.8 Å². The molecule has 0 atom stereocenters. The molecule has 1 aromatic heterocycles. The molecule has 18 heavy (non-hydrogen) atoms. The SMILES string of the molecule is CCn1nc(CSCCC(=O)O)c2ccccc21. The average Bonchev–Trinajstić information content (AvgIpc) is 2.73. The number of hydrogen-bond acceptors (Lipinski definition) is 3. The zero-order valence-electron chi connectivity index (χ0n) is 10.3.